The molecule has 5 rings (SSSR count). The Morgan fingerprint density at radius 1 is 0.949 bits per heavy atom. The number of carbonyl (C=O) groups is 1. The van der Waals surface area contributed by atoms with Crippen LogP contribution in [0.1, 0.15) is 48.3 Å². The minimum Gasteiger partial charge on any atom is -0.488 e. The molecule has 2 heterocycles. The second-order valence-electron chi connectivity index (χ2n) is 9.10. The van der Waals surface area contributed by atoms with Gasteiger partial charge in [0.1, 0.15) is 24.0 Å². The molecule has 1 aliphatic rings. The van der Waals surface area contributed by atoms with Crippen LogP contribution in [0.15, 0.2) is 71.2 Å². The van der Waals surface area contributed by atoms with Crippen molar-refractivity contribution in [2.45, 2.75) is 40.2 Å². The Bertz CT molecular complexity index is 1480. The summed E-state index contributed by atoms with van der Waals surface area (Å²) in [6.45, 7) is 7.67. The molecular formula is C31H31BrF2N2O3. The number of anilines is 1. The van der Waals surface area contributed by atoms with E-state index in [1.807, 2.05) is 55.7 Å². The molecule has 5 nitrogen and oxygen atoms in total. The molecule has 204 valence electrons. The topological polar surface area (TPSA) is 54.7 Å². The van der Waals surface area contributed by atoms with Gasteiger partial charge in [-0.3, -0.25) is 0 Å². The average molecular weight is 597 g/mol. The molecule has 3 aromatic carbocycles. The van der Waals surface area contributed by atoms with Crippen molar-refractivity contribution in [3.8, 4) is 22.7 Å². The van der Waals surface area contributed by atoms with Crippen LogP contribution >= 0.6 is 15.9 Å². The van der Waals surface area contributed by atoms with Crippen LogP contribution in [0.2, 0.25) is 0 Å². The number of ether oxygens (including phenoxy) is 1. The second kappa shape index (κ2) is 12.5. The zero-order valence-electron chi connectivity index (χ0n) is 22.2. The first kappa shape index (κ1) is 28.4. The Hall–Kier alpha value is -3.65. The first-order chi connectivity index (χ1) is 18.8. The summed E-state index contributed by atoms with van der Waals surface area (Å²) in [5, 5.41) is 9.82. The summed E-state index contributed by atoms with van der Waals surface area (Å²) in [4.78, 5) is 14.2. The molecule has 4 aromatic rings. The van der Waals surface area contributed by atoms with E-state index in [0.29, 0.717) is 5.75 Å². The maximum absolute atomic E-state index is 14.2. The molecule has 1 saturated heterocycles. The van der Waals surface area contributed by atoms with Gasteiger partial charge in [0.05, 0.1) is 11.3 Å². The lowest BCUT2D eigenvalue weighted by Crippen LogP contribution is -2.18. The van der Waals surface area contributed by atoms with E-state index in [0.717, 1.165) is 64.8 Å². The van der Waals surface area contributed by atoms with Crippen LogP contribution in [0.4, 0.5) is 14.5 Å². The van der Waals surface area contributed by atoms with Gasteiger partial charge in [0.15, 0.2) is 0 Å². The summed E-state index contributed by atoms with van der Waals surface area (Å²) in [5.74, 6) is -1.78. The molecule has 1 aliphatic heterocycles. The number of nitrogens with zero attached hydrogens (tertiary/aromatic N) is 2. The Morgan fingerprint density at radius 3 is 2.36 bits per heavy atom. The molecule has 1 fully saturated rings. The third-order valence-electron chi connectivity index (χ3n) is 6.57. The molecule has 0 bridgehead atoms. The number of benzene rings is 3. The predicted molar refractivity (Wildman–Crippen MR) is 154 cm³/mol. The van der Waals surface area contributed by atoms with Crippen LogP contribution in [0.5, 0.6) is 5.75 Å². The maximum Gasteiger partial charge on any atom is 0.335 e. The Balaban J connectivity index is 0.00000172. The number of hydrogen-bond acceptors (Lipinski definition) is 3. The molecule has 0 radical (unpaired) electrons. The summed E-state index contributed by atoms with van der Waals surface area (Å²) < 4.78 is 36.4. The molecule has 0 saturated carbocycles. The fourth-order valence-corrected chi connectivity index (χ4v) is 5.08. The molecular weight excluding hydrogens is 566 g/mol. The highest BCUT2D eigenvalue weighted by Crippen LogP contribution is 2.37. The van der Waals surface area contributed by atoms with E-state index in [-0.39, 0.29) is 17.7 Å². The zero-order chi connectivity index (χ0) is 28.1. The number of aromatic carboxylic acids is 1. The monoisotopic (exact) mass is 596 g/mol. The van der Waals surface area contributed by atoms with Gasteiger partial charge in [-0.1, -0.05) is 29.8 Å². The van der Waals surface area contributed by atoms with E-state index >= 15 is 0 Å². The number of halogens is 3. The SMILES string of the molecule is CC.Cc1ccc(-c2cc(Br)ccc2OCc2ccc(F)cc2F)n1-c1cc(C(=O)O)cc(N2CCCC2)c1. The van der Waals surface area contributed by atoms with Gasteiger partial charge in [-0.2, -0.15) is 0 Å². The predicted octanol–water partition coefficient (Wildman–Crippen LogP) is 8.40. The van der Waals surface area contributed by atoms with Crippen molar-refractivity contribution in [2.75, 3.05) is 18.0 Å². The molecule has 0 spiro atoms. The second-order valence-corrected chi connectivity index (χ2v) is 10.0. The number of carboxylic acid groups (broad SMARTS) is 1. The number of rotatable bonds is 7. The normalized spacial score (nSPS) is 12.7. The van der Waals surface area contributed by atoms with Gasteiger partial charge < -0.3 is 19.3 Å². The highest BCUT2D eigenvalue weighted by Gasteiger charge is 2.20. The quantitative estimate of drug-likeness (QED) is 0.233. The lowest BCUT2D eigenvalue weighted by molar-refractivity contribution is 0.0697. The van der Waals surface area contributed by atoms with Crippen LogP contribution in [-0.4, -0.2) is 28.7 Å². The van der Waals surface area contributed by atoms with Crippen molar-refractivity contribution in [3.05, 3.63) is 99.7 Å². The molecule has 39 heavy (non-hydrogen) atoms. The highest BCUT2D eigenvalue weighted by atomic mass is 79.9. The van der Waals surface area contributed by atoms with Crippen molar-refractivity contribution in [3.63, 3.8) is 0 Å². The first-order valence-electron chi connectivity index (χ1n) is 13.0. The van der Waals surface area contributed by atoms with Gasteiger partial charge in [0, 0.05) is 51.8 Å². The van der Waals surface area contributed by atoms with Crippen molar-refractivity contribution in [1.29, 1.82) is 0 Å². The van der Waals surface area contributed by atoms with Crippen molar-refractivity contribution in [1.82, 2.24) is 4.57 Å². The third-order valence-corrected chi connectivity index (χ3v) is 7.06. The number of carboxylic acids is 1. The van der Waals surface area contributed by atoms with Gasteiger partial charge in [-0.15, -0.1) is 0 Å². The molecule has 0 aliphatic carbocycles. The van der Waals surface area contributed by atoms with Crippen molar-refractivity contribution in [2.24, 2.45) is 0 Å². The van der Waals surface area contributed by atoms with Gasteiger partial charge in [0.25, 0.3) is 0 Å². The summed E-state index contributed by atoms with van der Waals surface area (Å²) in [6.07, 6.45) is 2.15. The Morgan fingerprint density at radius 2 is 1.67 bits per heavy atom. The largest absolute Gasteiger partial charge is 0.488 e. The van der Waals surface area contributed by atoms with Crippen LogP contribution in [0, 0.1) is 18.6 Å². The highest BCUT2D eigenvalue weighted by molar-refractivity contribution is 9.10. The minimum absolute atomic E-state index is 0.0754. The molecule has 0 atom stereocenters. The van der Waals surface area contributed by atoms with Gasteiger partial charge >= 0.3 is 5.97 Å². The van der Waals surface area contributed by atoms with Crippen LogP contribution in [0.25, 0.3) is 16.9 Å². The number of hydrogen-bond donors (Lipinski definition) is 1. The van der Waals surface area contributed by atoms with Gasteiger partial charge in [-0.25, -0.2) is 13.6 Å². The standard InChI is InChI=1S/C29H25BrF2N2O3.C2H6/c1-18-4-8-27(34(18)24-13-20(29(35)36)12-23(16-24)33-10-2-3-11-33)25-14-21(30)6-9-28(25)37-17-19-5-7-22(31)15-26(19)32;1-2/h4-9,12-16H,2-3,10-11,17H2,1H3,(H,35,36);1-2H3. The smallest absolute Gasteiger partial charge is 0.335 e. The lowest BCUT2D eigenvalue weighted by Gasteiger charge is -2.21. The van der Waals surface area contributed by atoms with E-state index < -0.39 is 17.6 Å². The fraction of sp³-hybridized carbons (Fsp3) is 0.258. The molecule has 0 amide bonds. The zero-order valence-corrected chi connectivity index (χ0v) is 23.8. The minimum atomic E-state index is -0.985. The van der Waals surface area contributed by atoms with E-state index in [1.54, 1.807) is 18.2 Å². The summed E-state index contributed by atoms with van der Waals surface area (Å²) in [6, 6.07) is 18.3. The van der Waals surface area contributed by atoms with E-state index in [2.05, 4.69) is 20.8 Å². The van der Waals surface area contributed by atoms with E-state index in [9.17, 15) is 18.7 Å². The Kier molecular flexibility index (Phi) is 9.07. The van der Waals surface area contributed by atoms with E-state index in [1.165, 1.54) is 12.1 Å². The summed E-state index contributed by atoms with van der Waals surface area (Å²) in [5.41, 5.74) is 4.53. The molecule has 0 unspecified atom stereocenters. The van der Waals surface area contributed by atoms with Crippen LogP contribution in [-0.2, 0) is 6.61 Å². The van der Waals surface area contributed by atoms with E-state index in [4.69, 9.17) is 4.74 Å². The summed E-state index contributed by atoms with van der Waals surface area (Å²) >= 11 is 3.53. The number of aromatic nitrogens is 1. The molecule has 8 heteroatoms. The molecule has 1 N–H and O–H groups in total. The third kappa shape index (κ3) is 6.33. The van der Waals surface area contributed by atoms with Crippen molar-refractivity contribution >= 4 is 27.6 Å². The molecule has 1 aromatic heterocycles. The van der Waals surface area contributed by atoms with Gasteiger partial charge in [0.2, 0.25) is 0 Å². The van der Waals surface area contributed by atoms with Crippen LogP contribution in [0.3, 0.4) is 0 Å². The van der Waals surface area contributed by atoms with Gasteiger partial charge in [-0.05, 0) is 80.4 Å². The lowest BCUT2D eigenvalue weighted by atomic mass is 10.1. The summed E-state index contributed by atoms with van der Waals surface area (Å²) in [7, 11) is 0. The van der Waals surface area contributed by atoms with Crippen LogP contribution < -0.4 is 9.64 Å². The van der Waals surface area contributed by atoms with Crippen molar-refractivity contribution < 1.29 is 23.4 Å². The first-order valence-corrected chi connectivity index (χ1v) is 13.8. The number of aryl methyl sites for hydroxylation is 1. The Labute approximate surface area is 235 Å². The fourth-order valence-electron chi connectivity index (χ4n) is 4.72. The maximum atomic E-state index is 14.2. The average Bonchev–Trinajstić information content (AvgIpc) is 3.60.